The molecule has 0 saturated heterocycles. The minimum absolute atomic E-state index is 0.0378. The first-order valence-corrected chi connectivity index (χ1v) is 4.66. The summed E-state index contributed by atoms with van der Waals surface area (Å²) in [6.07, 6.45) is 6.28. The van der Waals surface area contributed by atoms with Crippen molar-refractivity contribution in [2.75, 3.05) is 13.2 Å². The summed E-state index contributed by atoms with van der Waals surface area (Å²) in [6.45, 7) is -0.214. The van der Waals surface area contributed by atoms with E-state index in [4.69, 9.17) is 16.3 Å². The number of carboxylic acid groups (broad SMARTS) is 1. The normalized spacial score (nSPS) is 9.12. The van der Waals surface area contributed by atoms with Crippen molar-refractivity contribution in [2.45, 2.75) is 0 Å². The number of nitrogens with one attached hydrogen (secondary N) is 1. The number of hydrogen-bond acceptors (Lipinski definition) is 4. The number of hydrogen-bond donors (Lipinski definition) is 2. The summed E-state index contributed by atoms with van der Waals surface area (Å²) >= 11 is 0. The Bertz CT molecular complexity index is 465. The molecule has 1 rings (SSSR count). The Labute approximate surface area is 97.6 Å². The van der Waals surface area contributed by atoms with Gasteiger partial charge in [-0.15, -0.1) is 6.42 Å². The molecule has 1 aromatic rings. The molecule has 0 aliphatic rings. The van der Waals surface area contributed by atoms with Crippen LogP contribution in [0.25, 0.3) is 0 Å². The second kappa shape index (κ2) is 6.12. The molecule has 17 heavy (non-hydrogen) atoms. The molecular weight excluding hydrogens is 224 g/mol. The summed E-state index contributed by atoms with van der Waals surface area (Å²) in [4.78, 5) is 25.6. The molecule has 6 nitrogen and oxygen atoms in total. The Balaban J connectivity index is 2.61. The standard InChI is InChI=1S/C11H10N2O4/c1-2-5-12-9(14)7-17-8-4-3-6-13-10(8)11(15)16/h1,3-4,6H,5,7H2,(H,12,14)(H,15,16). The third kappa shape index (κ3) is 3.83. The smallest absolute Gasteiger partial charge is 0.358 e. The topological polar surface area (TPSA) is 88.5 Å². The number of pyridine rings is 1. The van der Waals surface area contributed by atoms with Gasteiger partial charge in [-0.2, -0.15) is 0 Å². The maximum Gasteiger partial charge on any atom is 0.358 e. The van der Waals surface area contributed by atoms with Crippen LogP contribution >= 0.6 is 0 Å². The van der Waals surface area contributed by atoms with Gasteiger partial charge in [0.1, 0.15) is 0 Å². The van der Waals surface area contributed by atoms with E-state index >= 15 is 0 Å². The van der Waals surface area contributed by atoms with Gasteiger partial charge in [0.05, 0.1) is 6.54 Å². The number of nitrogens with zero attached hydrogens (tertiary/aromatic N) is 1. The monoisotopic (exact) mass is 234 g/mol. The molecule has 88 valence electrons. The van der Waals surface area contributed by atoms with Crippen molar-refractivity contribution in [3.05, 3.63) is 24.0 Å². The molecule has 2 N–H and O–H groups in total. The van der Waals surface area contributed by atoms with Crippen molar-refractivity contribution >= 4 is 11.9 Å². The number of rotatable bonds is 5. The van der Waals surface area contributed by atoms with Gasteiger partial charge in [0.15, 0.2) is 18.1 Å². The number of carboxylic acids is 1. The number of ether oxygens (including phenoxy) is 1. The molecule has 0 aliphatic heterocycles. The lowest BCUT2D eigenvalue weighted by atomic mass is 10.3. The van der Waals surface area contributed by atoms with Gasteiger partial charge in [-0.3, -0.25) is 4.79 Å². The number of carbonyl (C=O) groups excluding carboxylic acids is 1. The minimum Gasteiger partial charge on any atom is -0.481 e. The minimum atomic E-state index is -1.22. The van der Waals surface area contributed by atoms with Crippen molar-refractivity contribution in [2.24, 2.45) is 0 Å². The molecule has 1 aromatic heterocycles. The molecular formula is C11H10N2O4. The molecule has 0 spiro atoms. The lowest BCUT2D eigenvalue weighted by Gasteiger charge is -2.07. The van der Waals surface area contributed by atoms with Crippen LogP contribution in [0.15, 0.2) is 18.3 Å². The van der Waals surface area contributed by atoms with Crippen LogP contribution < -0.4 is 10.1 Å². The largest absolute Gasteiger partial charge is 0.481 e. The molecule has 1 amide bonds. The maximum absolute atomic E-state index is 11.2. The van der Waals surface area contributed by atoms with E-state index in [0.717, 1.165) is 0 Å². The van der Waals surface area contributed by atoms with E-state index in [1.54, 1.807) is 0 Å². The van der Waals surface area contributed by atoms with Crippen LogP contribution in [0, 0.1) is 12.3 Å². The molecule has 0 aromatic carbocycles. The Morgan fingerprint density at radius 3 is 3.00 bits per heavy atom. The van der Waals surface area contributed by atoms with Gasteiger partial charge in [-0.05, 0) is 12.1 Å². The Kier molecular flexibility index (Phi) is 4.51. The number of aromatic nitrogens is 1. The fraction of sp³-hybridized carbons (Fsp3) is 0.182. The van der Waals surface area contributed by atoms with Crippen molar-refractivity contribution in [1.29, 1.82) is 0 Å². The number of aromatic carboxylic acids is 1. The number of amides is 1. The second-order valence-corrected chi connectivity index (χ2v) is 2.92. The molecule has 1 heterocycles. The summed E-state index contributed by atoms with van der Waals surface area (Å²) in [5.74, 6) is 0.625. The fourth-order valence-electron chi connectivity index (χ4n) is 1.01. The van der Waals surface area contributed by atoms with Crippen LogP contribution in [0.3, 0.4) is 0 Å². The first kappa shape index (κ1) is 12.5. The molecule has 0 fully saturated rings. The molecule has 0 aliphatic carbocycles. The molecule has 0 bridgehead atoms. The highest BCUT2D eigenvalue weighted by molar-refractivity contribution is 5.88. The van der Waals surface area contributed by atoms with Gasteiger partial charge in [0, 0.05) is 6.20 Å². The van der Waals surface area contributed by atoms with Gasteiger partial charge < -0.3 is 15.2 Å². The first-order chi connectivity index (χ1) is 8.15. The lowest BCUT2D eigenvalue weighted by Crippen LogP contribution is -2.29. The average molecular weight is 234 g/mol. The van der Waals surface area contributed by atoms with Gasteiger partial charge in [0.25, 0.3) is 5.91 Å². The van der Waals surface area contributed by atoms with Crippen molar-refractivity contribution in [1.82, 2.24) is 10.3 Å². The van der Waals surface area contributed by atoms with Gasteiger partial charge >= 0.3 is 5.97 Å². The van der Waals surface area contributed by atoms with Crippen molar-refractivity contribution < 1.29 is 19.4 Å². The van der Waals surface area contributed by atoms with E-state index in [2.05, 4.69) is 16.2 Å². The van der Waals surface area contributed by atoms with Crippen molar-refractivity contribution in [3.63, 3.8) is 0 Å². The predicted octanol–water partition coefficient (Wildman–Crippen LogP) is -0.0920. The van der Waals surface area contributed by atoms with Crippen molar-refractivity contribution in [3.8, 4) is 18.1 Å². The quantitative estimate of drug-likeness (QED) is 0.695. The van der Waals surface area contributed by atoms with E-state index in [9.17, 15) is 9.59 Å². The fourth-order valence-corrected chi connectivity index (χ4v) is 1.01. The highest BCUT2D eigenvalue weighted by Crippen LogP contribution is 2.14. The van der Waals surface area contributed by atoms with Gasteiger partial charge in [-0.25, -0.2) is 9.78 Å². The van der Waals surface area contributed by atoms with E-state index in [1.807, 2.05) is 0 Å². The summed E-state index contributed by atoms with van der Waals surface area (Å²) in [5.41, 5.74) is -0.239. The second-order valence-electron chi connectivity index (χ2n) is 2.92. The zero-order chi connectivity index (χ0) is 12.7. The summed E-state index contributed by atoms with van der Waals surface area (Å²) in [7, 11) is 0. The van der Waals surface area contributed by atoms with Gasteiger partial charge in [0.2, 0.25) is 0 Å². The third-order valence-corrected chi connectivity index (χ3v) is 1.72. The van der Waals surface area contributed by atoms with Crippen LogP contribution in [0.5, 0.6) is 5.75 Å². The Morgan fingerprint density at radius 2 is 2.35 bits per heavy atom. The highest BCUT2D eigenvalue weighted by Gasteiger charge is 2.13. The summed E-state index contributed by atoms with van der Waals surface area (Å²) in [5, 5.41) is 11.2. The summed E-state index contributed by atoms with van der Waals surface area (Å²) in [6, 6.07) is 2.94. The molecule has 6 heteroatoms. The van der Waals surface area contributed by atoms with Gasteiger partial charge in [-0.1, -0.05) is 5.92 Å². The Morgan fingerprint density at radius 1 is 1.59 bits per heavy atom. The van der Waals surface area contributed by atoms with Crippen LogP contribution in [-0.2, 0) is 4.79 Å². The lowest BCUT2D eigenvalue weighted by molar-refractivity contribution is -0.122. The predicted molar refractivity (Wildman–Crippen MR) is 58.5 cm³/mol. The van der Waals surface area contributed by atoms with E-state index < -0.39 is 11.9 Å². The maximum atomic E-state index is 11.2. The summed E-state index contributed by atoms with van der Waals surface area (Å²) < 4.78 is 5.03. The third-order valence-electron chi connectivity index (χ3n) is 1.72. The van der Waals surface area contributed by atoms with Crippen LogP contribution in [-0.4, -0.2) is 35.1 Å². The highest BCUT2D eigenvalue weighted by atomic mass is 16.5. The van der Waals surface area contributed by atoms with Crippen LogP contribution in [0.1, 0.15) is 10.5 Å². The average Bonchev–Trinajstić information content (AvgIpc) is 2.34. The van der Waals surface area contributed by atoms with Crippen LogP contribution in [0.2, 0.25) is 0 Å². The van der Waals surface area contributed by atoms with E-state index in [0.29, 0.717) is 0 Å². The number of terminal acetylenes is 1. The molecule has 0 radical (unpaired) electrons. The first-order valence-electron chi connectivity index (χ1n) is 4.66. The zero-order valence-electron chi connectivity index (χ0n) is 8.84. The SMILES string of the molecule is C#CCNC(=O)COc1cccnc1C(=O)O. The molecule has 0 saturated carbocycles. The Hall–Kier alpha value is -2.55. The molecule has 0 unspecified atom stereocenters. The van der Waals surface area contributed by atoms with Crippen LogP contribution in [0.4, 0.5) is 0 Å². The zero-order valence-corrected chi connectivity index (χ0v) is 8.84. The molecule has 0 atom stereocenters. The van der Waals surface area contributed by atoms with E-state index in [-0.39, 0.29) is 24.6 Å². The van der Waals surface area contributed by atoms with E-state index in [1.165, 1.54) is 18.3 Å². The number of carbonyl (C=O) groups is 2.